The van der Waals surface area contributed by atoms with Gasteiger partial charge in [0.1, 0.15) is 11.3 Å². The molecular formula is C16H15N5O2S2. The topological polar surface area (TPSA) is 104 Å². The molecule has 0 fully saturated rings. The molecule has 3 aromatic rings. The number of nitrogens with one attached hydrogen (secondary N) is 1. The van der Waals surface area contributed by atoms with Gasteiger partial charge in [0, 0.05) is 41.6 Å². The molecule has 25 heavy (non-hydrogen) atoms. The summed E-state index contributed by atoms with van der Waals surface area (Å²) in [5.41, 5.74) is 8.31. The number of pyridine rings is 1. The lowest BCUT2D eigenvalue weighted by Gasteiger charge is -2.42. The highest BCUT2D eigenvalue weighted by Crippen LogP contribution is 2.51. The quantitative estimate of drug-likeness (QED) is 0.676. The van der Waals surface area contributed by atoms with Crippen LogP contribution in [0.15, 0.2) is 35.6 Å². The van der Waals surface area contributed by atoms with Crippen LogP contribution in [0.1, 0.15) is 10.4 Å². The van der Waals surface area contributed by atoms with E-state index < -0.39 is 15.6 Å². The third-order valence-corrected chi connectivity index (χ3v) is 8.16. The van der Waals surface area contributed by atoms with Crippen LogP contribution in [-0.4, -0.2) is 41.5 Å². The van der Waals surface area contributed by atoms with E-state index in [1.54, 1.807) is 17.5 Å². The van der Waals surface area contributed by atoms with Crippen LogP contribution in [0.5, 0.6) is 0 Å². The summed E-state index contributed by atoms with van der Waals surface area (Å²) in [5, 5.41) is 1.05. The van der Waals surface area contributed by atoms with Gasteiger partial charge >= 0.3 is 0 Å². The normalized spacial score (nSPS) is 24.2. The van der Waals surface area contributed by atoms with Gasteiger partial charge in [-0.15, -0.1) is 11.3 Å². The molecule has 0 aromatic carbocycles. The molecule has 1 atom stereocenters. The molecule has 9 heteroatoms. The van der Waals surface area contributed by atoms with Crippen molar-refractivity contribution in [2.24, 2.45) is 10.7 Å². The fraction of sp³-hybridized carbons (Fsp3) is 0.250. The maximum atomic E-state index is 12.4. The standard InChI is InChI=1S/C16H15N5O2S2/c1-21-15(17)20-16(8-25(21,22)23)6-9-5-13(24-14(9)16)12-4-10-7-18-3-2-11(10)19-12/h2-5,7,19H,6,8H2,1H3,(H2,17,20)/t16-/m0/s1. The number of nitrogens with zero attached hydrogens (tertiary/aromatic N) is 3. The van der Waals surface area contributed by atoms with E-state index in [9.17, 15) is 8.42 Å². The van der Waals surface area contributed by atoms with Crippen LogP contribution >= 0.6 is 11.3 Å². The molecule has 0 saturated carbocycles. The Hall–Kier alpha value is -2.39. The van der Waals surface area contributed by atoms with Gasteiger partial charge in [-0.05, 0) is 23.8 Å². The first kappa shape index (κ1) is 14.9. The zero-order valence-electron chi connectivity index (χ0n) is 13.4. The van der Waals surface area contributed by atoms with Crippen molar-refractivity contribution in [3.8, 4) is 10.6 Å². The third-order valence-electron chi connectivity index (χ3n) is 4.89. The number of aliphatic imine (C=N–C) groups is 1. The Kier molecular flexibility index (Phi) is 2.75. The number of aromatic amines is 1. The van der Waals surface area contributed by atoms with Crippen LogP contribution < -0.4 is 5.73 Å². The lowest BCUT2D eigenvalue weighted by atomic mass is 9.79. The van der Waals surface area contributed by atoms with Gasteiger partial charge in [-0.1, -0.05) is 0 Å². The molecular weight excluding hydrogens is 358 g/mol. The number of thiophene rings is 1. The number of sulfonamides is 1. The summed E-state index contributed by atoms with van der Waals surface area (Å²) < 4.78 is 25.8. The van der Waals surface area contributed by atoms with E-state index in [-0.39, 0.29) is 11.7 Å². The Balaban J connectivity index is 1.60. The van der Waals surface area contributed by atoms with E-state index >= 15 is 0 Å². The molecule has 128 valence electrons. The predicted octanol–water partition coefficient (Wildman–Crippen LogP) is 1.63. The van der Waals surface area contributed by atoms with Gasteiger partial charge < -0.3 is 10.7 Å². The van der Waals surface area contributed by atoms with E-state index in [0.717, 1.165) is 36.2 Å². The van der Waals surface area contributed by atoms with Crippen LogP contribution in [0.3, 0.4) is 0 Å². The first-order valence-electron chi connectivity index (χ1n) is 7.76. The second-order valence-electron chi connectivity index (χ2n) is 6.51. The molecule has 7 nitrogen and oxygen atoms in total. The van der Waals surface area contributed by atoms with Crippen molar-refractivity contribution in [2.45, 2.75) is 12.0 Å². The first-order valence-corrected chi connectivity index (χ1v) is 10.2. The van der Waals surface area contributed by atoms with Crippen molar-refractivity contribution in [1.82, 2.24) is 14.3 Å². The second-order valence-corrected chi connectivity index (χ2v) is 9.57. The Morgan fingerprint density at radius 1 is 1.40 bits per heavy atom. The number of hydrogen-bond donors (Lipinski definition) is 2. The lowest BCUT2D eigenvalue weighted by molar-refractivity contribution is 0.411. The Bertz CT molecular complexity index is 1130. The molecule has 0 radical (unpaired) electrons. The Morgan fingerprint density at radius 2 is 2.24 bits per heavy atom. The molecule has 3 aromatic heterocycles. The minimum atomic E-state index is -3.43. The van der Waals surface area contributed by atoms with E-state index in [4.69, 9.17) is 5.73 Å². The van der Waals surface area contributed by atoms with E-state index in [0.29, 0.717) is 6.42 Å². The number of fused-ring (bicyclic) bond motifs is 3. The summed E-state index contributed by atoms with van der Waals surface area (Å²) in [5.74, 6) is 0.0318. The van der Waals surface area contributed by atoms with Crippen LogP contribution in [0.25, 0.3) is 21.5 Å². The Morgan fingerprint density at radius 3 is 3.00 bits per heavy atom. The highest BCUT2D eigenvalue weighted by molar-refractivity contribution is 7.89. The molecule has 4 heterocycles. The van der Waals surface area contributed by atoms with E-state index in [1.807, 2.05) is 12.3 Å². The van der Waals surface area contributed by atoms with Crippen molar-refractivity contribution in [3.63, 3.8) is 0 Å². The fourth-order valence-corrected chi connectivity index (χ4v) is 6.36. The Labute approximate surface area is 148 Å². The monoisotopic (exact) mass is 373 g/mol. The predicted molar refractivity (Wildman–Crippen MR) is 98.0 cm³/mol. The largest absolute Gasteiger partial charge is 0.369 e. The maximum absolute atomic E-state index is 12.4. The molecule has 2 aliphatic rings. The van der Waals surface area contributed by atoms with Gasteiger partial charge in [-0.3, -0.25) is 4.98 Å². The fourth-order valence-electron chi connectivity index (χ4n) is 3.55. The highest BCUT2D eigenvalue weighted by atomic mass is 32.2. The van der Waals surface area contributed by atoms with Crippen molar-refractivity contribution in [1.29, 1.82) is 0 Å². The maximum Gasteiger partial charge on any atom is 0.239 e. The summed E-state index contributed by atoms with van der Waals surface area (Å²) in [7, 11) is -1.99. The zero-order chi connectivity index (χ0) is 17.4. The molecule has 1 aliphatic carbocycles. The molecule has 0 saturated heterocycles. The van der Waals surface area contributed by atoms with Gasteiger partial charge in [-0.2, -0.15) is 0 Å². The number of aromatic nitrogens is 2. The molecule has 0 bridgehead atoms. The third kappa shape index (κ3) is 1.99. The van der Waals surface area contributed by atoms with Crippen molar-refractivity contribution < 1.29 is 8.42 Å². The number of rotatable bonds is 1. The molecule has 5 rings (SSSR count). The second kappa shape index (κ2) is 4.61. The minimum absolute atomic E-state index is 0.0270. The first-order chi connectivity index (χ1) is 11.9. The summed E-state index contributed by atoms with van der Waals surface area (Å²) in [6.07, 6.45) is 4.18. The number of nitrogens with two attached hydrogens (primary N) is 1. The van der Waals surface area contributed by atoms with Gasteiger partial charge in [0.05, 0.1) is 10.6 Å². The van der Waals surface area contributed by atoms with Crippen LogP contribution in [0, 0.1) is 0 Å². The van der Waals surface area contributed by atoms with Gasteiger partial charge in [0.2, 0.25) is 16.0 Å². The number of H-pyrrole nitrogens is 1. The van der Waals surface area contributed by atoms with Gasteiger partial charge in [0.15, 0.2) is 0 Å². The SMILES string of the molecule is CN1C(N)=N[C@@]2(Cc3cc(-c4cc5cnccc5[nH]4)sc32)CS1(=O)=O. The van der Waals surface area contributed by atoms with Crippen molar-refractivity contribution in [2.75, 3.05) is 12.8 Å². The van der Waals surface area contributed by atoms with Crippen LogP contribution in [0.4, 0.5) is 0 Å². The van der Waals surface area contributed by atoms with Gasteiger partial charge in [0.25, 0.3) is 0 Å². The average molecular weight is 373 g/mol. The molecule has 0 amide bonds. The smallest absolute Gasteiger partial charge is 0.239 e. The summed E-state index contributed by atoms with van der Waals surface area (Å²) >= 11 is 1.58. The molecule has 1 aliphatic heterocycles. The lowest BCUT2D eigenvalue weighted by Crippen LogP contribution is -2.54. The van der Waals surface area contributed by atoms with Crippen molar-refractivity contribution >= 4 is 38.2 Å². The summed E-state index contributed by atoms with van der Waals surface area (Å²) in [4.78, 5) is 14.1. The summed E-state index contributed by atoms with van der Waals surface area (Å²) in [6.45, 7) is 0. The highest BCUT2D eigenvalue weighted by Gasteiger charge is 2.52. The van der Waals surface area contributed by atoms with Gasteiger partial charge in [-0.25, -0.2) is 17.7 Å². The zero-order valence-corrected chi connectivity index (χ0v) is 15.0. The van der Waals surface area contributed by atoms with E-state index in [1.165, 1.54) is 7.05 Å². The summed E-state index contributed by atoms with van der Waals surface area (Å²) in [6, 6.07) is 6.10. The molecule has 3 N–H and O–H groups in total. The number of hydrogen-bond acceptors (Lipinski definition) is 6. The molecule has 1 spiro atoms. The average Bonchev–Trinajstić information content (AvgIpc) is 3.13. The minimum Gasteiger partial charge on any atom is -0.369 e. The number of guanidine groups is 1. The van der Waals surface area contributed by atoms with Crippen LogP contribution in [-0.2, 0) is 22.0 Å². The van der Waals surface area contributed by atoms with Crippen LogP contribution in [0.2, 0.25) is 0 Å². The molecule has 0 unspecified atom stereocenters. The van der Waals surface area contributed by atoms with Crippen molar-refractivity contribution in [3.05, 3.63) is 41.0 Å². The van der Waals surface area contributed by atoms with E-state index in [2.05, 4.69) is 27.1 Å².